The Balaban J connectivity index is 2.60. The Morgan fingerprint density at radius 1 is 1.44 bits per heavy atom. The molecule has 4 nitrogen and oxygen atoms in total. The maximum atomic E-state index is 11.0. The Morgan fingerprint density at radius 2 is 2.12 bits per heavy atom. The van der Waals surface area contributed by atoms with Crippen molar-refractivity contribution in [3.63, 3.8) is 0 Å². The molecule has 0 aliphatic carbocycles. The van der Waals surface area contributed by atoms with Crippen LogP contribution in [0.15, 0.2) is 18.3 Å². The summed E-state index contributed by atoms with van der Waals surface area (Å²) in [5.41, 5.74) is 3.13. The average Bonchev–Trinajstić information content (AvgIpc) is 2.40. The van der Waals surface area contributed by atoms with Crippen molar-refractivity contribution in [3.8, 4) is 0 Å². The van der Waals surface area contributed by atoms with Crippen LogP contribution in [0.25, 0.3) is 5.65 Å². The van der Waals surface area contributed by atoms with Crippen LogP contribution in [0.3, 0.4) is 0 Å². The number of pyridine rings is 1. The van der Waals surface area contributed by atoms with Crippen molar-refractivity contribution < 1.29 is 8.42 Å². The largest absolute Gasteiger partial charge is 0.304 e. The van der Waals surface area contributed by atoms with Gasteiger partial charge in [0, 0.05) is 22.6 Å². The minimum atomic E-state index is -3.56. The zero-order valence-corrected chi connectivity index (χ0v) is 10.5. The van der Waals surface area contributed by atoms with E-state index in [1.54, 1.807) is 0 Å². The summed E-state index contributed by atoms with van der Waals surface area (Å²) >= 11 is 0. The fraction of sp³-hybridized carbons (Fsp3) is 0.300. The second kappa shape index (κ2) is 3.75. The van der Waals surface area contributed by atoms with E-state index < -0.39 is 9.05 Å². The summed E-state index contributed by atoms with van der Waals surface area (Å²) in [6.45, 7) is 3.79. The molecule has 2 aromatic rings. The van der Waals surface area contributed by atoms with Crippen LogP contribution in [0, 0.1) is 13.8 Å². The van der Waals surface area contributed by atoms with Crippen LogP contribution in [0.5, 0.6) is 0 Å². The first-order valence-corrected chi connectivity index (χ1v) is 7.21. The lowest BCUT2D eigenvalue weighted by atomic mass is 10.3. The van der Waals surface area contributed by atoms with Gasteiger partial charge in [-0.25, -0.2) is 13.4 Å². The first-order valence-electron chi connectivity index (χ1n) is 4.73. The number of hydrogen-bond acceptors (Lipinski definition) is 3. The minimum Gasteiger partial charge on any atom is -0.304 e. The molecule has 0 bridgehead atoms. The zero-order chi connectivity index (χ0) is 11.9. The number of rotatable bonds is 2. The molecule has 0 aliphatic heterocycles. The summed E-state index contributed by atoms with van der Waals surface area (Å²) in [6.07, 6.45) is 1.87. The van der Waals surface area contributed by atoms with Gasteiger partial charge in [-0.1, -0.05) is 0 Å². The van der Waals surface area contributed by atoms with Gasteiger partial charge in [-0.15, -0.1) is 0 Å². The lowest BCUT2D eigenvalue weighted by molar-refractivity contribution is 0.608. The molecule has 6 heteroatoms. The highest BCUT2D eigenvalue weighted by molar-refractivity contribution is 8.13. The third-order valence-electron chi connectivity index (χ3n) is 2.43. The molecule has 0 saturated carbocycles. The third-order valence-corrected chi connectivity index (χ3v) is 3.37. The first-order chi connectivity index (χ1) is 7.37. The standard InChI is InChI=1S/C10H11ClN2O2S/c1-7-3-4-13-8(2)9(6-16(11,14)15)12-10(13)5-7/h3-5H,6H2,1-2H3. The number of nitrogens with zero attached hydrogens (tertiary/aromatic N) is 2. The monoisotopic (exact) mass is 258 g/mol. The second-order valence-corrected chi connectivity index (χ2v) is 6.54. The predicted molar refractivity (Wildman–Crippen MR) is 63.1 cm³/mol. The van der Waals surface area contributed by atoms with E-state index in [0.29, 0.717) is 5.69 Å². The molecule has 0 amide bonds. The Labute approximate surface area is 98.3 Å². The lowest BCUT2D eigenvalue weighted by Crippen LogP contribution is -1.97. The minimum absolute atomic E-state index is 0.235. The fourth-order valence-corrected chi connectivity index (χ4v) is 2.53. The molecule has 0 fully saturated rings. The highest BCUT2D eigenvalue weighted by atomic mass is 35.7. The third kappa shape index (κ3) is 2.20. The molecule has 0 N–H and O–H groups in total. The summed E-state index contributed by atoms with van der Waals surface area (Å²) in [5.74, 6) is -0.235. The van der Waals surface area contributed by atoms with Crippen molar-refractivity contribution in [2.45, 2.75) is 19.6 Å². The molecule has 2 rings (SSSR count). The lowest BCUT2D eigenvalue weighted by Gasteiger charge is -1.97. The van der Waals surface area contributed by atoms with Gasteiger partial charge in [0.05, 0.1) is 5.69 Å². The van der Waals surface area contributed by atoms with Crippen molar-refractivity contribution in [2.24, 2.45) is 0 Å². The van der Waals surface area contributed by atoms with E-state index in [4.69, 9.17) is 10.7 Å². The summed E-state index contributed by atoms with van der Waals surface area (Å²) in [6, 6.07) is 3.85. The van der Waals surface area contributed by atoms with Gasteiger partial charge in [-0.3, -0.25) is 0 Å². The number of aryl methyl sites for hydroxylation is 2. The Hall–Kier alpha value is -1.07. The summed E-state index contributed by atoms with van der Waals surface area (Å²) < 4.78 is 23.9. The van der Waals surface area contributed by atoms with E-state index in [2.05, 4.69) is 4.98 Å². The topological polar surface area (TPSA) is 51.4 Å². The first kappa shape index (κ1) is 11.4. The van der Waals surface area contributed by atoms with Crippen LogP contribution >= 0.6 is 10.7 Å². The van der Waals surface area contributed by atoms with Gasteiger partial charge in [0.2, 0.25) is 9.05 Å². The zero-order valence-electron chi connectivity index (χ0n) is 8.94. The van der Waals surface area contributed by atoms with Gasteiger partial charge >= 0.3 is 0 Å². The van der Waals surface area contributed by atoms with Crippen molar-refractivity contribution >= 4 is 25.4 Å². The predicted octanol–water partition coefficient (Wildman–Crippen LogP) is 2.02. The number of aromatic nitrogens is 2. The molecule has 0 aliphatic rings. The number of fused-ring (bicyclic) bond motifs is 1. The van der Waals surface area contributed by atoms with Gasteiger partial charge in [-0.05, 0) is 31.5 Å². The molecule has 0 aromatic carbocycles. The van der Waals surface area contributed by atoms with E-state index in [0.717, 1.165) is 16.9 Å². The SMILES string of the molecule is Cc1ccn2c(C)c(CS(=O)(=O)Cl)nc2c1. The van der Waals surface area contributed by atoms with Crippen LogP contribution in [-0.2, 0) is 14.8 Å². The van der Waals surface area contributed by atoms with Gasteiger partial charge in [0.1, 0.15) is 11.4 Å². The molecule has 86 valence electrons. The average molecular weight is 259 g/mol. The molecule has 2 heterocycles. The van der Waals surface area contributed by atoms with Crippen LogP contribution in [0.4, 0.5) is 0 Å². The Morgan fingerprint density at radius 3 is 2.75 bits per heavy atom. The molecule has 0 unspecified atom stereocenters. The summed E-state index contributed by atoms with van der Waals surface area (Å²) in [7, 11) is 1.66. The van der Waals surface area contributed by atoms with Gasteiger partial charge in [-0.2, -0.15) is 0 Å². The Kier molecular flexibility index (Phi) is 2.67. The normalized spacial score (nSPS) is 12.2. The maximum Gasteiger partial charge on any atom is 0.238 e. The molecule has 0 radical (unpaired) electrons. The van der Waals surface area contributed by atoms with Crippen LogP contribution in [-0.4, -0.2) is 17.8 Å². The summed E-state index contributed by atoms with van der Waals surface area (Å²) in [4.78, 5) is 4.26. The van der Waals surface area contributed by atoms with Crippen LogP contribution in [0.2, 0.25) is 0 Å². The van der Waals surface area contributed by atoms with Crippen molar-refractivity contribution in [1.29, 1.82) is 0 Å². The van der Waals surface area contributed by atoms with Gasteiger partial charge in [0.25, 0.3) is 0 Å². The van der Waals surface area contributed by atoms with Crippen LogP contribution in [0.1, 0.15) is 17.0 Å². The number of imidazole rings is 1. The molecule has 0 saturated heterocycles. The molecule has 0 atom stereocenters. The van der Waals surface area contributed by atoms with E-state index in [-0.39, 0.29) is 5.75 Å². The van der Waals surface area contributed by atoms with E-state index in [9.17, 15) is 8.42 Å². The smallest absolute Gasteiger partial charge is 0.238 e. The van der Waals surface area contributed by atoms with Crippen molar-refractivity contribution in [2.75, 3.05) is 0 Å². The number of hydrogen-bond donors (Lipinski definition) is 0. The van der Waals surface area contributed by atoms with E-state index in [1.165, 1.54) is 0 Å². The quantitative estimate of drug-likeness (QED) is 0.775. The van der Waals surface area contributed by atoms with E-state index >= 15 is 0 Å². The highest BCUT2D eigenvalue weighted by Crippen LogP contribution is 2.16. The van der Waals surface area contributed by atoms with E-state index in [1.807, 2.05) is 36.6 Å². The molecular weight excluding hydrogens is 248 g/mol. The maximum absolute atomic E-state index is 11.0. The molecular formula is C10H11ClN2O2S. The molecule has 0 spiro atoms. The van der Waals surface area contributed by atoms with Crippen molar-refractivity contribution in [3.05, 3.63) is 35.3 Å². The van der Waals surface area contributed by atoms with Crippen LogP contribution < -0.4 is 0 Å². The molecule has 16 heavy (non-hydrogen) atoms. The molecule has 2 aromatic heterocycles. The fourth-order valence-electron chi connectivity index (χ4n) is 1.62. The number of halogens is 1. The second-order valence-electron chi connectivity index (χ2n) is 3.76. The van der Waals surface area contributed by atoms with Gasteiger partial charge < -0.3 is 4.40 Å². The van der Waals surface area contributed by atoms with Crippen molar-refractivity contribution in [1.82, 2.24) is 9.38 Å². The Bertz CT molecular complexity index is 646. The van der Waals surface area contributed by atoms with Gasteiger partial charge in [0.15, 0.2) is 0 Å². The summed E-state index contributed by atoms with van der Waals surface area (Å²) in [5, 5.41) is 0. The highest BCUT2D eigenvalue weighted by Gasteiger charge is 2.14.